The molecule has 0 aromatic heterocycles. The lowest BCUT2D eigenvalue weighted by Gasteiger charge is -2.32. The van der Waals surface area contributed by atoms with Gasteiger partial charge in [0.2, 0.25) is 0 Å². The number of nitrogens with two attached hydrogens (primary N) is 1. The summed E-state index contributed by atoms with van der Waals surface area (Å²) in [6.07, 6.45) is 2.93. The van der Waals surface area contributed by atoms with Crippen molar-refractivity contribution in [2.45, 2.75) is 32.3 Å². The number of benzene rings is 1. The van der Waals surface area contributed by atoms with Crippen LogP contribution in [-0.4, -0.2) is 43.2 Å². The number of amides is 1. The van der Waals surface area contributed by atoms with Gasteiger partial charge >= 0.3 is 0 Å². The number of aryl methyl sites for hydroxylation is 1. The first-order chi connectivity index (χ1) is 10.1. The Morgan fingerprint density at radius 1 is 1.43 bits per heavy atom. The van der Waals surface area contributed by atoms with Crippen LogP contribution < -0.4 is 5.73 Å². The van der Waals surface area contributed by atoms with E-state index in [0.717, 1.165) is 43.5 Å². The van der Waals surface area contributed by atoms with E-state index in [1.807, 2.05) is 24.0 Å². The third-order valence-electron chi connectivity index (χ3n) is 3.85. The van der Waals surface area contributed by atoms with E-state index >= 15 is 0 Å². The number of carbonyl (C=O) groups excluding carboxylic acids is 1. The van der Waals surface area contributed by atoms with E-state index in [0.29, 0.717) is 18.2 Å². The molecule has 0 bridgehead atoms. The molecule has 1 aliphatic heterocycles. The molecular formula is C16H23ClN2O2. The lowest BCUT2D eigenvalue weighted by molar-refractivity contribution is 0.00843. The molecule has 0 unspecified atom stereocenters. The summed E-state index contributed by atoms with van der Waals surface area (Å²) in [5, 5.41) is 0.663. The second-order valence-corrected chi connectivity index (χ2v) is 5.90. The minimum Gasteiger partial charge on any atom is -0.378 e. The van der Waals surface area contributed by atoms with Gasteiger partial charge in [0.15, 0.2) is 0 Å². The van der Waals surface area contributed by atoms with Crippen molar-refractivity contribution in [2.75, 3.05) is 26.2 Å². The van der Waals surface area contributed by atoms with Crippen LogP contribution in [0.25, 0.3) is 0 Å². The molecule has 1 aromatic carbocycles. The number of carbonyl (C=O) groups is 1. The van der Waals surface area contributed by atoms with E-state index < -0.39 is 0 Å². The highest BCUT2D eigenvalue weighted by molar-refractivity contribution is 6.30. The molecule has 0 saturated carbocycles. The van der Waals surface area contributed by atoms with Crippen molar-refractivity contribution in [2.24, 2.45) is 5.73 Å². The van der Waals surface area contributed by atoms with Gasteiger partial charge in [0.05, 0.1) is 6.10 Å². The molecule has 0 atom stereocenters. The molecule has 1 saturated heterocycles. The van der Waals surface area contributed by atoms with Crippen molar-refractivity contribution in [1.29, 1.82) is 0 Å². The van der Waals surface area contributed by atoms with Crippen LogP contribution in [0, 0.1) is 6.92 Å². The van der Waals surface area contributed by atoms with Crippen LogP contribution in [-0.2, 0) is 4.74 Å². The summed E-state index contributed by atoms with van der Waals surface area (Å²) in [5.74, 6) is 0.0876. The number of ether oxygens (including phenoxy) is 1. The summed E-state index contributed by atoms with van der Waals surface area (Å²) in [6, 6.07) is 5.41. The molecule has 0 aliphatic carbocycles. The maximum Gasteiger partial charge on any atom is 0.254 e. The van der Waals surface area contributed by atoms with Crippen molar-refractivity contribution in [1.82, 2.24) is 4.90 Å². The van der Waals surface area contributed by atoms with Crippen molar-refractivity contribution >= 4 is 17.5 Å². The molecule has 1 amide bonds. The molecule has 0 radical (unpaired) electrons. The average molecular weight is 311 g/mol. The fraction of sp³-hybridized carbons (Fsp3) is 0.562. The number of piperidine rings is 1. The fourth-order valence-electron chi connectivity index (χ4n) is 2.60. The van der Waals surface area contributed by atoms with E-state index in [4.69, 9.17) is 22.1 Å². The standard InChI is InChI=1S/C16H23ClN2O2/c1-12-11-13(17)3-4-15(12)16(20)19-8-5-14(6-9-19)21-10-2-7-18/h3-4,11,14H,2,5-10,18H2,1H3. The van der Waals surface area contributed by atoms with Gasteiger partial charge in [-0.2, -0.15) is 0 Å². The number of rotatable bonds is 5. The number of hydrogen-bond acceptors (Lipinski definition) is 3. The van der Waals surface area contributed by atoms with Gasteiger partial charge in [-0.15, -0.1) is 0 Å². The topological polar surface area (TPSA) is 55.6 Å². The molecule has 1 fully saturated rings. The predicted octanol–water partition coefficient (Wildman–Crippen LogP) is 2.62. The first-order valence-corrected chi connectivity index (χ1v) is 7.86. The molecule has 1 aromatic rings. The highest BCUT2D eigenvalue weighted by atomic mass is 35.5. The Hall–Kier alpha value is -1.10. The second kappa shape index (κ2) is 7.78. The van der Waals surface area contributed by atoms with Crippen LogP contribution in [0.15, 0.2) is 18.2 Å². The summed E-state index contributed by atoms with van der Waals surface area (Å²) >= 11 is 5.94. The Balaban J connectivity index is 1.88. The zero-order chi connectivity index (χ0) is 15.2. The van der Waals surface area contributed by atoms with E-state index in [1.54, 1.807) is 6.07 Å². The van der Waals surface area contributed by atoms with Gasteiger partial charge in [0.1, 0.15) is 0 Å². The van der Waals surface area contributed by atoms with Gasteiger partial charge in [0, 0.05) is 30.3 Å². The van der Waals surface area contributed by atoms with Crippen LogP contribution in [0.3, 0.4) is 0 Å². The smallest absolute Gasteiger partial charge is 0.254 e. The SMILES string of the molecule is Cc1cc(Cl)ccc1C(=O)N1CCC(OCCCN)CC1. The molecule has 21 heavy (non-hydrogen) atoms. The van der Waals surface area contributed by atoms with Crippen LogP contribution >= 0.6 is 11.6 Å². The van der Waals surface area contributed by atoms with Crippen molar-refractivity contribution < 1.29 is 9.53 Å². The molecule has 5 heteroatoms. The van der Waals surface area contributed by atoms with Crippen molar-refractivity contribution in [3.05, 3.63) is 34.3 Å². The summed E-state index contributed by atoms with van der Waals surface area (Å²) in [5.41, 5.74) is 7.12. The van der Waals surface area contributed by atoms with Gasteiger partial charge < -0.3 is 15.4 Å². The third-order valence-corrected chi connectivity index (χ3v) is 4.09. The van der Waals surface area contributed by atoms with Gasteiger partial charge in [-0.05, 0) is 56.5 Å². The molecule has 4 nitrogen and oxygen atoms in total. The Labute approximate surface area is 131 Å². The summed E-state index contributed by atoms with van der Waals surface area (Å²) < 4.78 is 5.76. The Kier molecular flexibility index (Phi) is 6.03. The van der Waals surface area contributed by atoms with Crippen molar-refractivity contribution in [3.63, 3.8) is 0 Å². The maximum absolute atomic E-state index is 12.5. The lowest BCUT2D eigenvalue weighted by Crippen LogP contribution is -2.41. The highest BCUT2D eigenvalue weighted by Crippen LogP contribution is 2.20. The number of halogens is 1. The molecule has 1 aliphatic rings. The molecule has 116 valence electrons. The van der Waals surface area contributed by atoms with Gasteiger partial charge in [-0.3, -0.25) is 4.79 Å². The first-order valence-electron chi connectivity index (χ1n) is 7.49. The molecule has 1 heterocycles. The Morgan fingerprint density at radius 2 is 2.14 bits per heavy atom. The molecular weight excluding hydrogens is 288 g/mol. The number of likely N-dealkylation sites (tertiary alicyclic amines) is 1. The maximum atomic E-state index is 12.5. The van der Waals surface area contributed by atoms with Crippen LogP contribution in [0.1, 0.15) is 35.2 Å². The molecule has 0 spiro atoms. The fourth-order valence-corrected chi connectivity index (χ4v) is 2.82. The molecule has 2 N–H and O–H groups in total. The zero-order valence-corrected chi connectivity index (χ0v) is 13.2. The Morgan fingerprint density at radius 3 is 2.76 bits per heavy atom. The van der Waals surface area contributed by atoms with Crippen LogP contribution in [0.5, 0.6) is 0 Å². The predicted molar refractivity (Wildman–Crippen MR) is 84.7 cm³/mol. The average Bonchev–Trinajstić information content (AvgIpc) is 2.48. The van der Waals surface area contributed by atoms with Crippen molar-refractivity contribution in [3.8, 4) is 0 Å². The van der Waals surface area contributed by atoms with Crippen LogP contribution in [0.4, 0.5) is 0 Å². The molecule has 2 rings (SSSR count). The second-order valence-electron chi connectivity index (χ2n) is 5.46. The summed E-state index contributed by atoms with van der Waals surface area (Å²) in [4.78, 5) is 14.4. The number of nitrogens with zero attached hydrogens (tertiary/aromatic N) is 1. The summed E-state index contributed by atoms with van der Waals surface area (Å²) in [6.45, 7) is 4.78. The first kappa shape index (κ1) is 16.3. The summed E-state index contributed by atoms with van der Waals surface area (Å²) in [7, 11) is 0. The quantitative estimate of drug-likeness (QED) is 0.851. The third kappa shape index (κ3) is 4.43. The monoisotopic (exact) mass is 310 g/mol. The van der Waals surface area contributed by atoms with E-state index in [9.17, 15) is 4.79 Å². The largest absolute Gasteiger partial charge is 0.378 e. The minimum atomic E-state index is 0.0876. The van der Waals surface area contributed by atoms with E-state index in [2.05, 4.69) is 0 Å². The normalized spacial score (nSPS) is 16.2. The van der Waals surface area contributed by atoms with Crippen LogP contribution in [0.2, 0.25) is 5.02 Å². The highest BCUT2D eigenvalue weighted by Gasteiger charge is 2.24. The zero-order valence-electron chi connectivity index (χ0n) is 12.5. The van der Waals surface area contributed by atoms with E-state index in [-0.39, 0.29) is 12.0 Å². The van der Waals surface area contributed by atoms with Gasteiger partial charge in [-0.25, -0.2) is 0 Å². The van der Waals surface area contributed by atoms with E-state index in [1.165, 1.54) is 0 Å². The van der Waals surface area contributed by atoms with Gasteiger partial charge in [-0.1, -0.05) is 11.6 Å². The van der Waals surface area contributed by atoms with Gasteiger partial charge in [0.25, 0.3) is 5.91 Å². The lowest BCUT2D eigenvalue weighted by atomic mass is 10.0. The minimum absolute atomic E-state index is 0.0876. The Bertz CT molecular complexity index is 485. The number of hydrogen-bond donors (Lipinski definition) is 1.